The molecule has 1 aliphatic heterocycles. The summed E-state index contributed by atoms with van der Waals surface area (Å²) in [4.78, 5) is 54.6. The molecule has 0 saturated carbocycles. The predicted molar refractivity (Wildman–Crippen MR) is 147 cm³/mol. The lowest BCUT2D eigenvalue weighted by atomic mass is 9.53. The molecular weight excluding hydrogens is 510 g/mol. The van der Waals surface area contributed by atoms with Gasteiger partial charge in [0.1, 0.15) is 5.76 Å². The van der Waals surface area contributed by atoms with Crippen molar-refractivity contribution >= 4 is 29.4 Å². The van der Waals surface area contributed by atoms with E-state index in [4.69, 9.17) is 9.47 Å². The Morgan fingerprint density at radius 2 is 1.57 bits per heavy atom. The fourth-order valence-electron chi connectivity index (χ4n) is 6.29. The van der Waals surface area contributed by atoms with Crippen molar-refractivity contribution in [3.05, 3.63) is 112 Å². The molecular formula is C32H29NO7. The number of anilines is 1. The molecule has 8 nitrogen and oxygen atoms in total. The fraction of sp³-hybridized carbons (Fsp3) is 0.250. The highest BCUT2D eigenvalue weighted by atomic mass is 16.5. The van der Waals surface area contributed by atoms with Gasteiger partial charge in [-0.2, -0.15) is 0 Å². The normalized spacial score (nSPS) is 21.8. The van der Waals surface area contributed by atoms with E-state index in [2.05, 4.69) is 0 Å². The van der Waals surface area contributed by atoms with Gasteiger partial charge in [0.2, 0.25) is 11.8 Å². The minimum atomic E-state index is -1.50. The number of imide groups is 1. The summed E-state index contributed by atoms with van der Waals surface area (Å²) >= 11 is 0. The highest BCUT2D eigenvalue weighted by Crippen LogP contribution is 2.63. The lowest BCUT2D eigenvalue weighted by Gasteiger charge is -2.46. The number of aliphatic hydroxyl groups is 1. The van der Waals surface area contributed by atoms with Gasteiger partial charge in [-0.05, 0) is 41.8 Å². The fourth-order valence-corrected chi connectivity index (χ4v) is 6.29. The van der Waals surface area contributed by atoms with Crippen LogP contribution in [-0.4, -0.2) is 42.6 Å². The zero-order valence-corrected chi connectivity index (χ0v) is 22.4. The van der Waals surface area contributed by atoms with Crippen LogP contribution in [0.15, 0.2) is 90.2 Å². The third-order valence-corrected chi connectivity index (χ3v) is 7.83. The average Bonchev–Trinajstić information content (AvgIpc) is 3.22. The number of ether oxygens (including phenoxy) is 2. The molecule has 1 heterocycles. The maximum atomic E-state index is 14.8. The van der Waals surface area contributed by atoms with Crippen molar-refractivity contribution in [3.8, 4) is 0 Å². The number of amides is 2. The summed E-state index contributed by atoms with van der Waals surface area (Å²) in [6, 6.07) is 22.7. The van der Waals surface area contributed by atoms with Gasteiger partial charge in [-0.25, -0.2) is 14.5 Å². The van der Waals surface area contributed by atoms with Crippen LogP contribution in [0, 0.1) is 0 Å². The van der Waals surface area contributed by atoms with E-state index < -0.39 is 41.0 Å². The first-order chi connectivity index (χ1) is 19.3. The Morgan fingerprint density at radius 1 is 0.925 bits per heavy atom. The number of carbonyl (C=O) groups excluding carboxylic acids is 4. The highest BCUT2D eigenvalue weighted by molar-refractivity contribution is 6.23. The van der Waals surface area contributed by atoms with E-state index in [1.165, 1.54) is 14.0 Å². The van der Waals surface area contributed by atoms with Gasteiger partial charge in [0.25, 0.3) is 0 Å². The maximum Gasteiger partial charge on any atom is 0.338 e. The molecule has 8 heteroatoms. The van der Waals surface area contributed by atoms with Gasteiger partial charge in [-0.15, -0.1) is 0 Å². The largest absolute Gasteiger partial charge is 0.512 e. The van der Waals surface area contributed by atoms with Crippen LogP contribution in [0.4, 0.5) is 5.69 Å². The van der Waals surface area contributed by atoms with Crippen LogP contribution in [0.5, 0.6) is 0 Å². The van der Waals surface area contributed by atoms with E-state index in [0.29, 0.717) is 16.8 Å². The molecule has 0 fully saturated rings. The minimum absolute atomic E-state index is 0.0271. The Morgan fingerprint density at radius 3 is 2.20 bits per heavy atom. The Kier molecular flexibility index (Phi) is 7.02. The number of aliphatic hydroxyl groups excluding tert-OH is 1. The molecule has 5 rings (SSSR count). The lowest BCUT2D eigenvalue weighted by molar-refractivity contribution is -0.139. The number of benzene rings is 3. The molecule has 0 bridgehead atoms. The summed E-state index contributed by atoms with van der Waals surface area (Å²) in [5.74, 6) is -4.12. The molecule has 204 valence electrons. The van der Waals surface area contributed by atoms with E-state index >= 15 is 0 Å². The number of hydrogen-bond donors (Lipinski definition) is 1. The minimum Gasteiger partial charge on any atom is -0.512 e. The topological polar surface area (TPSA) is 110 Å². The second-order valence-corrected chi connectivity index (χ2v) is 9.84. The van der Waals surface area contributed by atoms with Crippen molar-refractivity contribution in [1.29, 1.82) is 0 Å². The van der Waals surface area contributed by atoms with Crippen LogP contribution >= 0.6 is 0 Å². The molecule has 3 atom stereocenters. The van der Waals surface area contributed by atoms with Crippen molar-refractivity contribution in [2.24, 2.45) is 0 Å². The number of methoxy groups -OCH3 is 1. The Hall–Kier alpha value is -4.72. The summed E-state index contributed by atoms with van der Waals surface area (Å²) in [5, 5.41) is 11.5. The van der Waals surface area contributed by atoms with Gasteiger partial charge in [0, 0.05) is 25.2 Å². The van der Waals surface area contributed by atoms with E-state index in [0.717, 1.165) is 10.5 Å². The Labute approximate surface area is 231 Å². The second-order valence-electron chi connectivity index (χ2n) is 9.84. The number of para-hydroxylation sites is 1. The standard InChI is InChI=1S/C32H29NO7/c1-4-40-30(37)27-26(35)18-24(20-10-6-5-7-11-20)32(28(27)21-14-16-22(17-15-21)29(36)39-3)23-12-8-9-13-25(23)33(19(2)34)31(32)38/h5-17,24,28,35H,4,18H2,1-3H3/t24-,28+,32+/m0/s1. The zero-order valence-electron chi connectivity index (χ0n) is 22.4. The number of hydrogen-bond acceptors (Lipinski definition) is 7. The smallest absolute Gasteiger partial charge is 0.338 e. The number of esters is 2. The maximum absolute atomic E-state index is 14.8. The van der Waals surface area contributed by atoms with Crippen LogP contribution in [0.2, 0.25) is 0 Å². The first kappa shape index (κ1) is 26.9. The summed E-state index contributed by atoms with van der Waals surface area (Å²) in [5.41, 5.74) is 1.00. The van der Waals surface area contributed by atoms with E-state index in [9.17, 15) is 24.3 Å². The van der Waals surface area contributed by atoms with E-state index in [1.807, 2.05) is 30.3 Å². The molecule has 2 amide bonds. The van der Waals surface area contributed by atoms with E-state index in [-0.39, 0.29) is 29.9 Å². The van der Waals surface area contributed by atoms with Crippen molar-refractivity contribution in [2.45, 2.75) is 37.5 Å². The number of nitrogens with zero attached hydrogens (tertiary/aromatic N) is 1. The summed E-state index contributed by atoms with van der Waals surface area (Å²) in [6.07, 6.45) is -0.0271. The molecule has 1 N–H and O–H groups in total. The molecule has 0 radical (unpaired) electrons. The van der Waals surface area contributed by atoms with Gasteiger partial charge >= 0.3 is 11.9 Å². The number of allylic oxidation sites excluding steroid dienone is 1. The number of fused-ring (bicyclic) bond motifs is 2. The van der Waals surface area contributed by atoms with E-state index in [1.54, 1.807) is 55.5 Å². The highest BCUT2D eigenvalue weighted by Gasteiger charge is 2.65. The zero-order chi connectivity index (χ0) is 28.6. The van der Waals surface area contributed by atoms with Crippen LogP contribution in [0.3, 0.4) is 0 Å². The summed E-state index contributed by atoms with van der Waals surface area (Å²) in [6.45, 7) is 3.05. The third-order valence-electron chi connectivity index (χ3n) is 7.83. The average molecular weight is 540 g/mol. The second kappa shape index (κ2) is 10.4. The Balaban J connectivity index is 1.89. The molecule has 1 spiro atoms. The molecule has 1 aliphatic carbocycles. The van der Waals surface area contributed by atoms with Gasteiger partial charge in [-0.3, -0.25) is 9.59 Å². The van der Waals surface area contributed by atoms with Crippen LogP contribution < -0.4 is 4.90 Å². The molecule has 3 aromatic rings. The third kappa shape index (κ3) is 3.99. The Bertz CT molecular complexity index is 1530. The first-order valence-corrected chi connectivity index (χ1v) is 13.0. The quantitative estimate of drug-likeness (QED) is 0.457. The molecule has 0 aromatic heterocycles. The molecule has 3 aromatic carbocycles. The van der Waals surface area contributed by atoms with Gasteiger partial charge in [-0.1, -0.05) is 60.7 Å². The monoisotopic (exact) mass is 539 g/mol. The van der Waals surface area contributed by atoms with Crippen LogP contribution in [-0.2, 0) is 29.3 Å². The predicted octanol–water partition coefficient (Wildman–Crippen LogP) is 4.95. The molecule has 0 unspecified atom stereocenters. The number of carbonyl (C=O) groups is 4. The molecule has 2 aliphatic rings. The van der Waals surface area contributed by atoms with Crippen molar-refractivity contribution in [1.82, 2.24) is 0 Å². The van der Waals surface area contributed by atoms with Gasteiger partial charge < -0.3 is 14.6 Å². The van der Waals surface area contributed by atoms with Gasteiger partial charge in [0.05, 0.1) is 36.0 Å². The molecule has 0 saturated heterocycles. The van der Waals surface area contributed by atoms with Crippen LogP contribution in [0.1, 0.15) is 59.2 Å². The van der Waals surface area contributed by atoms with Crippen molar-refractivity contribution in [3.63, 3.8) is 0 Å². The lowest BCUT2D eigenvalue weighted by Crippen LogP contribution is -2.53. The number of rotatable bonds is 5. The van der Waals surface area contributed by atoms with Crippen LogP contribution in [0.25, 0.3) is 0 Å². The van der Waals surface area contributed by atoms with Crippen molar-refractivity contribution in [2.75, 3.05) is 18.6 Å². The molecule has 40 heavy (non-hydrogen) atoms. The van der Waals surface area contributed by atoms with Gasteiger partial charge in [0.15, 0.2) is 0 Å². The summed E-state index contributed by atoms with van der Waals surface area (Å²) in [7, 11) is 1.28. The first-order valence-electron chi connectivity index (χ1n) is 13.0. The summed E-state index contributed by atoms with van der Waals surface area (Å²) < 4.78 is 10.2. The van der Waals surface area contributed by atoms with Crippen molar-refractivity contribution < 1.29 is 33.8 Å². The SMILES string of the molecule is CCOC(=O)C1=C(O)C[C@@H](c2ccccc2)[C@@]2(C(=O)N(C(C)=O)c3ccccc32)[C@@H]1c1ccc(C(=O)OC)cc1.